The van der Waals surface area contributed by atoms with Crippen LogP contribution < -0.4 is 33.2 Å². The van der Waals surface area contributed by atoms with Gasteiger partial charge in [-0.1, -0.05) is 18.2 Å². The number of unbranched alkanes of at least 4 members (excludes halogenated alkanes) is 1. The number of hydrogen-bond donors (Lipinski definition) is 6. The van der Waals surface area contributed by atoms with E-state index in [0.717, 1.165) is 0 Å². The number of fused-ring (bicyclic) bond motifs is 1. The summed E-state index contributed by atoms with van der Waals surface area (Å²) in [6, 6.07) is 3.58. The molecule has 1 aliphatic heterocycles. The fourth-order valence-electron chi connectivity index (χ4n) is 3.30. The Labute approximate surface area is 195 Å². The minimum absolute atomic E-state index is 0.135. The number of nitrogens with one attached hydrogen (secondary N) is 3. The normalized spacial score (nSPS) is 22.2. The number of amides is 5. The molecule has 0 saturated carbocycles. The van der Waals surface area contributed by atoms with Crippen LogP contribution in [-0.4, -0.2) is 60.0 Å². The summed E-state index contributed by atoms with van der Waals surface area (Å²) in [6.45, 7) is 0.420. The molecule has 0 fully saturated rings. The van der Waals surface area contributed by atoms with Crippen LogP contribution in [-0.2, 0) is 24.9 Å². The van der Waals surface area contributed by atoms with Gasteiger partial charge in [0.05, 0.1) is 6.42 Å². The average molecular weight is 479 g/mol. The Morgan fingerprint density at radius 3 is 2.33 bits per heavy atom. The van der Waals surface area contributed by atoms with E-state index in [-0.39, 0.29) is 12.2 Å². The molecule has 1 unspecified atom stereocenters. The first kappa shape index (κ1) is 26.1. The van der Waals surface area contributed by atoms with Gasteiger partial charge in [0.25, 0.3) is 5.91 Å². The summed E-state index contributed by atoms with van der Waals surface area (Å²) in [5.74, 6) is -2.94. The van der Waals surface area contributed by atoms with Crippen molar-refractivity contribution in [1.29, 1.82) is 0 Å². The summed E-state index contributed by atoms with van der Waals surface area (Å²) in [7, 11) is 0. The first-order valence-electron chi connectivity index (χ1n) is 10.6. The summed E-state index contributed by atoms with van der Waals surface area (Å²) < 4.78 is 0. The highest BCUT2D eigenvalue weighted by Crippen LogP contribution is 2.18. The lowest BCUT2D eigenvalue weighted by atomic mass is 10.0. The topological polar surface area (TPSA) is 200 Å². The quantitative estimate of drug-likeness (QED) is 0.256. The van der Waals surface area contributed by atoms with Crippen molar-refractivity contribution >= 4 is 41.3 Å². The highest BCUT2D eigenvalue weighted by molar-refractivity contribution is 7.98. The maximum Gasteiger partial charge on any atom is 0.252 e. The lowest BCUT2D eigenvalue weighted by Gasteiger charge is -2.25. The Morgan fingerprint density at radius 2 is 1.67 bits per heavy atom. The minimum atomic E-state index is -1.33. The van der Waals surface area contributed by atoms with Crippen LogP contribution in [0.15, 0.2) is 24.3 Å². The molecule has 12 heteroatoms. The van der Waals surface area contributed by atoms with Crippen LogP contribution in [0.5, 0.6) is 0 Å². The van der Waals surface area contributed by atoms with E-state index < -0.39 is 54.1 Å². The number of carbonyl (C=O) groups is 5. The van der Waals surface area contributed by atoms with E-state index in [0.29, 0.717) is 36.3 Å². The zero-order chi connectivity index (χ0) is 24.4. The fourth-order valence-corrected chi connectivity index (χ4v) is 4.37. The molecule has 0 aliphatic carbocycles. The molecule has 11 nitrogen and oxygen atoms in total. The van der Waals surface area contributed by atoms with Crippen molar-refractivity contribution in [2.45, 2.75) is 49.6 Å². The van der Waals surface area contributed by atoms with Gasteiger partial charge in [-0.3, -0.25) is 24.0 Å². The van der Waals surface area contributed by atoms with Gasteiger partial charge in [-0.05, 0) is 37.4 Å². The SMILES string of the molecule is NCCCCC1NC(=O)c2ccccc2CSC[C@@H](C(N)=O)NC(=O)[C@H](CC(N)=O)NC1=O. The number of thioether (sulfide) groups is 1. The molecule has 180 valence electrons. The van der Waals surface area contributed by atoms with E-state index in [1.54, 1.807) is 24.3 Å². The number of rotatable bonds is 7. The van der Waals surface area contributed by atoms with Crippen LogP contribution in [0, 0.1) is 0 Å². The number of hydrogen-bond acceptors (Lipinski definition) is 7. The summed E-state index contributed by atoms with van der Waals surface area (Å²) in [6.07, 6.45) is 0.990. The lowest BCUT2D eigenvalue weighted by molar-refractivity contribution is -0.133. The molecule has 9 N–H and O–H groups in total. The largest absolute Gasteiger partial charge is 0.370 e. The Morgan fingerprint density at radius 1 is 0.970 bits per heavy atom. The van der Waals surface area contributed by atoms with Crippen molar-refractivity contribution in [2.75, 3.05) is 12.3 Å². The zero-order valence-electron chi connectivity index (χ0n) is 18.2. The van der Waals surface area contributed by atoms with Gasteiger partial charge in [-0.15, -0.1) is 0 Å². The van der Waals surface area contributed by atoms with Crippen molar-refractivity contribution in [3.05, 3.63) is 35.4 Å². The van der Waals surface area contributed by atoms with Crippen molar-refractivity contribution in [3.63, 3.8) is 0 Å². The Kier molecular flexibility index (Phi) is 10.1. The second-order valence-electron chi connectivity index (χ2n) is 7.68. The molecule has 3 atom stereocenters. The third kappa shape index (κ3) is 8.06. The molecule has 5 amide bonds. The number of primary amides is 2. The molecule has 0 aromatic heterocycles. The summed E-state index contributed by atoms with van der Waals surface area (Å²) in [5, 5.41) is 7.69. The monoisotopic (exact) mass is 478 g/mol. The van der Waals surface area contributed by atoms with Crippen LogP contribution in [0.1, 0.15) is 41.6 Å². The third-order valence-corrected chi connectivity index (χ3v) is 6.16. The molecule has 1 aromatic carbocycles. The van der Waals surface area contributed by atoms with E-state index in [2.05, 4.69) is 16.0 Å². The van der Waals surface area contributed by atoms with Gasteiger partial charge in [-0.25, -0.2) is 0 Å². The van der Waals surface area contributed by atoms with E-state index in [1.807, 2.05) is 0 Å². The van der Waals surface area contributed by atoms with Gasteiger partial charge in [0.2, 0.25) is 23.6 Å². The molecule has 1 aliphatic rings. The molecule has 2 rings (SSSR count). The fraction of sp³-hybridized carbons (Fsp3) is 0.476. The molecule has 33 heavy (non-hydrogen) atoms. The smallest absolute Gasteiger partial charge is 0.252 e. The maximum atomic E-state index is 13.0. The lowest BCUT2D eigenvalue weighted by Crippen LogP contribution is -2.57. The standard InChI is InChI=1S/C21H30N6O5S/c22-8-4-3-7-14-20(31)26-15(9-17(23)28)21(32)27-16(18(24)29)11-33-10-12-5-1-2-6-13(12)19(30)25-14/h1-2,5-6,14-16H,3-4,7-11,22H2,(H2,23,28)(H2,24,29)(H,25,30)(H,26,31)(H,27,32)/t14?,15-,16-/m0/s1. The molecule has 1 heterocycles. The Bertz CT molecular complexity index is 896. The highest BCUT2D eigenvalue weighted by Gasteiger charge is 2.31. The summed E-state index contributed by atoms with van der Waals surface area (Å²) in [4.78, 5) is 62.1. The van der Waals surface area contributed by atoms with Crippen LogP contribution in [0.2, 0.25) is 0 Å². The van der Waals surface area contributed by atoms with Gasteiger partial charge < -0.3 is 33.2 Å². The van der Waals surface area contributed by atoms with E-state index in [1.165, 1.54) is 11.8 Å². The molecular weight excluding hydrogens is 448 g/mol. The maximum absolute atomic E-state index is 13.0. The summed E-state index contributed by atoms with van der Waals surface area (Å²) >= 11 is 1.31. The van der Waals surface area contributed by atoms with Crippen LogP contribution in [0.4, 0.5) is 0 Å². The van der Waals surface area contributed by atoms with Gasteiger partial charge in [0.15, 0.2) is 0 Å². The van der Waals surface area contributed by atoms with Crippen LogP contribution >= 0.6 is 11.8 Å². The predicted octanol–water partition coefficient (Wildman–Crippen LogP) is -1.51. The first-order chi connectivity index (χ1) is 15.7. The van der Waals surface area contributed by atoms with Gasteiger partial charge in [0.1, 0.15) is 18.1 Å². The molecule has 0 radical (unpaired) electrons. The van der Waals surface area contributed by atoms with Gasteiger partial charge >= 0.3 is 0 Å². The van der Waals surface area contributed by atoms with Crippen LogP contribution in [0.3, 0.4) is 0 Å². The summed E-state index contributed by atoms with van der Waals surface area (Å²) in [5.41, 5.74) is 17.3. The zero-order valence-corrected chi connectivity index (χ0v) is 19.0. The predicted molar refractivity (Wildman–Crippen MR) is 124 cm³/mol. The second kappa shape index (κ2) is 12.8. The van der Waals surface area contributed by atoms with Gasteiger partial charge in [0, 0.05) is 17.1 Å². The van der Waals surface area contributed by atoms with E-state index in [9.17, 15) is 24.0 Å². The molecule has 1 aromatic rings. The minimum Gasteiger partial charge on any atom is -0.370 e. The van der Waals surface area contributed by atoms with Crippen molar-refractivity contribution in [1.82, 2.24) is 16.0 Å². The van der Waals surface area contributed by atoms with Crippen molar-refractivity contribution < 1.29 is 24.0 Å². The van der Waals surface area contributed by atoms with Crippen molar-refractivity contribution in [3.8, 4) is 0 Å². The Balaban J connectivity index is 2.40. The van der Waals surface area contributed by atoms with Crippen LogP contribution in [0.25, 0.3) is 0 Å². The second-order valence-corrected chi connectivity index (χ2v) is 8.71. The molecular formula is C21H30N6O5S. The average Bonchev–Trinajstić information content (AvgIpc) is 2.76. The third-order valence-electron chi connectivity index (χ3n) is 5.07. The van der Waals surface area contributed by atoms with E-state index in [4.69, 9.17) is 17.2 Å². The first-order valence-corrected chi connectivity index (χ1v) is 11.7. The highest BCUT2D eigenvalue weighted by atomic mass is 32.2. The van der Waals surface area contributed by atoms with Crippen molar-refractivity contribution in [2.24, 2.45) is 17.2 Å². The molecule has 0 saturated heterocycles. The molecule has 0 bridgehead atoms. The van der Waals surface area contributed by atoms with Gasteiger partial charge in [-0.2, -0.15) is 11.8 Å². The molecule has 0 spiro atoms. The number of nitrogens with two attached hydrogens (primary N) is 3. The number of carbonyl (C=O) groups excluding carboxylic acids is 5. The Hall–Kier alpha value is -3.12. The van der Waals surface area contributed by atoms with E-state index >= 15 is 0 Å². The number of benzene rings is 1.